The third-order valence-corrected chi connectivity index (χ3v) is 18.3. The molecule has 0 bridgehead atoms. The summed E-state index contributed by atoms with van der Waals surface area (Å²) >= 11 is 0. The Balaban J connectivity index is 0.690. The highest BCUT2D eigenvalue weighted by Gasteiger charge is 2.58. The summed E-state index contributed by atoms with van der Waals surface area (Å²) in [6, 6.07) is 26.6. The van der Waals surface area contributed by atoms with Crippen LogP contribution in [0.5, 0.6) is 0 Å². The molecule has 3 aliphatic rings. The Hall–Kier alpha value is -9.40. The molecule has 3 fully saturated rings. The lowest BCUT2D eigenvalue weighted by Crippen LogP contribution is -2.67. The highest BCUT2D eigenvalue weighted by molar-refractivity contribution is 5.98. The van der Waals surface area contributed by atoms with E-state index >= 15 is 0 Å². The van der Waals surface area contributed by atoms with Crippen LogP contribution in [0.4, 0.5) is 0 Å². The van der Waals surface area contributed by atoms with Gasteiger partial charge in [-0.15, -0.1) is 10.2 Å². The first kappa shape index (κ1) is 73.8. The Bertz CT molecular complexity index is 3740. The van der Waals surface area contributed by atoms with E-state index in [2.05, 4.69) is 52.5 Å². The van der Waals surface area contributed by atoms with Crippen molar-refractivity contribution in [3.63, 3.8) is 0 Å². The molecule has 14 N–H and O–H groups in total. The molecule has 0 spiro atoms. The van der Waals surface area contributed by atoms with Gasteiger partial charge >= 0.3 is 11.9 Å². The fourth-order valence-electron chi connectivity index (χ4n) is 12.8. The van der Waals surface area contributed by atoms with Crippen molar-refractivity contribution in [1.29, 1.82) is 0 Å². The number of rotatable bonds is 31. The van der Waals surface area contributed by atoms with E-state index in [9.17, 15) is 79.2 Å². The molecule has 0 radical (unpaired) electrons. The number of benzene rings is 4. The number of aryl methyl sites for hydroxylation is 2. The summed E-state index contributed by atoms with van der Waals surface area (Å²) in [7, 11) is 0. The van der Waals surface area contributed by atoms with Gasteiger partial charge in [-0.2, -0.15) is 0 Å². The molecular weight excluding hydrogens is 1280 g/mol. The number of ether oxygens (including phenoxy) is 2. The molecule has 530 valence electrons. The third-order valence-electron chi connectivity index (χ3n) is 18.3. The van der Waals surface area contributed by atoms with Gasteiger partial charge in [-0.25, -0.2) is 19.0 Å². The van der Waals surface area contributed by atoms with Gasteiger partial charge in [0.1, 0.15) is 24.4 Å². The number of aromatic nitrogens is 6. The molecule has 2 aromatic heterocycles. The van der Waals surface area contributed by atoms with Crippen LogP contribution in [-0.4, -0.2) is 205 Å². The highest BCUT2D eigenvalue weighted by atomic mass is 16.6. The van der Waals surface area contributed by atoms with E-state index < -0.39 is 140 Å². The molecule has 12 atom stereocenters. The van der Waals surface area contributed by atoms with Gasteiger partial charge in [0.2, 0.25) is 11.8 Å². The van der Waals surface area contributed by atoms with Crippen LogP contribution in [0, 0.1) is 0 Å². The van der Waals surface area contributed by atoms with Crippen molar-refractivity contribution in [2.75, 3.05) is 26.2 Å². The van der Waals surface area contributed by atoms with Gasteiger partial charge in [-0.05, 0) is 123 Å². The molecule has 6 amide bonds. The maximum absolute atomic E-state index is 13.1. The average molecular weight is 1370 g/mol. The number of hydrogen-bond acceptors (Lipinski definition) is 20. The maximum atomic E-state index is 13.1. The Morgan fingerprint density at radius 2 is 0.889 bits per heavy atom. The SMILES string of the molecule is CC(=O)N[C@@H]1[C@@H](O)C[C@@](C(=O)O)(n2cc(CCCCCNC(=O)c3ccc(C(=O)NCCCCc4cn([C@]5(C(=O)O)C[C@H](O)[C@@H](NC(C)=O)[C@H](C(O)[C@H](O)CNC(=O)c6ccc(-c7ccccc7)cc6)O5)nn4)cc3)nn2)O[C@H]1C(O)[C@H](O)CNC(=O)c1ccc(C2CCCCC2)cc1. The van der Waals surface area contributed by atoms with Gasteiger partial charge in [0.25, 0.3) is 35.1 Å². The minimum absolute atomic E-state index is 0.233. The Labute approximate surface area is 569 Å². The quantitative estimate of drug-likeness (QED) is 0.0275. The van der Waals surface area contributed by atoms with Crippen LogP contribution >= 0.6 is 0 Å². The maximum Gasteiger partial charge on any atom is 0.359 e. The summed E-state index contributed by atoms with van der Waals surface area (Å²) in [5, 5.41) is 121. The van der Waals surface area contributed by atoms with E-state index in [1.807, 2.05) is 42.5 Å². The number of aliphatic carboxylic acids is 2. The lowest BCUT2D eigenvalue weighted by molar-refractivity contribution is -0.257. The number of carbonyl (C=O) groups excluding carboxylic acids is 6. The number of carboxylic acids is 2. The molecular formula is C69H86N12O18. The average Bonchev–Trinajstić information content (AvgIpc) is 1.75. The molecule has 30 nitrogen and oxygen atoms in total. The predicted molar refractivity (Wildman–Crippen MR) is 352 cm³/mol. The van der Waals surface area contributed by atoms with Crippen molar-refractivity contribution >= 4 is 47.4 Å². The number of nitrogens with one attached hydrogen (secondary N) is 6. The molecule has 30 heteroatoms. The molecule has 4 aromatic carbocycles. The standard InChI is InChI=1S/C69H86N12O18/c1-40(82)74-56-52(84)34-68(66(94)95,98-60(56)58(88)54(86)36-72-64(92)48-24-20-44(21-25-48)42-14-6-3-7-15-42)80-38-50(76-78-80)18-10-5-12-32-70-62(90)46-28-30-47(31-29-46)63(91)71-33-13-11-19-51-39-81(79-77-51)69(67(96)97)35-53(85)57(75-41(2)83)61(99-69)59(89)55(87)37-73-65(93)49-26-22-45(23-27-49)43-16-8-4-9-17-43/h4,8-9,16-17,20-31,38-39,42,52-61,84-89H,3,5-7,10-15,18-19,32-37H2,1-2H3,(H,70,90)(H,71,91)(H,72,92)(H,73,93)(H,74,82)(H,75,83)(H,94,95)(H,96,97)/t52-,53-,54+,55+,56+,57+,58?,59?,60+,61+,68+,69+/m0/s1. The summed E-state index contributed by atoms with van der Waals surface area (Å²) in [6.45, 7) is 1.82. The predicted octanol–water partition coefficient (Wildman–Crippen LogP) is 1.57. The molecule has 2 aliphatic heterocycles. The fourth-order valence-corrected chi connectivity index (χ4v) is 12.8. The molecule has 1 saturated carbocycles. The second kappa shape index (κ2) is 33.9. The first-order valence-electron chi connectivity index (χ1n) is 33.2. The van der Waals surface area contributed by atoms with E-state index in [0.29, 0.717) is 79.1 Å². The zero-order valence-corrected chi connectivity index (χ0v) is 54.9. The summed E-state index contributed by atoms with van der Waals surface area (Å²) in [5.41, 5.74) is -0.0939. The number of amides is 6. The van der Waals surface area contributed by atoms with Gasteiger partial charge in [0, 0.05) is 75.1 Å². The number of carboxylic acid groups (broad SMARTS) is 2. The first-order valence-corrected chi connectivity index (χ1v) is 33.2. The van der Waals surface area contributed by atoms with Gasteiger partial charge in [0.15, 0.2) is 0 Å². The van der Waals surface area contributed by atoms with Gasteiger partial charge in [-0.1, -0.05) is 90.7 Å². The van der Waals surface area contributed by atoms with Crippen molar-refractivity contribution in [3.8, 4) is 11.1 Å². The Morgan fingerprint density at radius 3 is 1.31 bits per heavy atom. The number of carbonyl (C=O) groups is 8. The number of aliphatic hydroxyl groups excluding tert-OH is 6. The molecule has 2 saturated heterocycles. The minimum Gasteiger partial charge on any atom is -0.478 e. The van der Waals surface area contributed by atoms with Crippen LogP contribution in [0.2, 0.25) is 0 Å². The molecule has 99 heavy (non-hydrogen) atoms. The summed E-state index contributed by atoms with van der Waals surface area (Å²) in [5.74, 6) is -5.96. The summed E-state index contributed by atoms with van der Waals surface area (Å²) < 4.78 is 13.9. The molecule has 2 unspecified atom stereocenters. The second-order valence-corrected chi connectivity index (χ2v) is 25.4. The van der Waals surface area contributed by atoms with Crippen LogP contribution in [0.3, 0.4) is 0 Å². The lowest BCUT2D eigenvalue weighted by Gasteiger charge is -2.46. The van der Waals surface area contributed by atoms with Crippen molar-refractivity contribution in [2.24, 2.45) is 0 Å². The molecule has 6 aromatic rings. The van der Waals surface area contributed by atoms with Crippen LogP contribution < -0.4 is 31.9 Å². The Morgan fingerprint density at radius 1 is 0.505 bits per heavy atom. The van der Waals surface area contributed by atoms with Crippen LogP contribution in [0.1, 0.15) is 155 Å². The van der Waals surface area contributed by atoms with E-state index in [1.54, 1.807) is 36.4 Å². The first-order chi connectivity index (χ1) is 47.5. The fraction of sp³-hybridized carbons (Fsp3) is 0.478. The van der Waals surface area contributed by atoms with Crippen LogP contribution in [-0.2, 0) is 52.9 Å². The van der Waals surface area contributed by atoms with E-state index in [1.165, 1.54) is 43.1 Å². The van der Waals surface area contributed by atoms with Crippen LogP contribution in [0.15, 0.2) is 116 Å². The van der Waals surface area contributed by atoms with Crippen molar-refractivity contribution in [2.45, 2.75) is 182 Å². The molecule has 4 heterocycles. The van der Waals surface area contributed by atoms with Gasteiger partial charge in [0.05, 0.1) is 60.3 Å². The normalized spacial score (nSPS) is 22.9. The van der Waals surface area contributed by atoms with E-state index in [4.69, 9.17) is 9.47 Å². The zero-order valence-electron chi connectivity index (χ0n) is 54.9. The number of aliphatic hydroxyl groups is 6. The number of hydrogen-bond donors (Lipinski definition) is 14. The van der Waals surface area contributed by atoms with Crippen molar-refractivity contribution < 1.29 is 88.7 Å². The Kier molecular flexibility index (Phi) is 25.3. The summed E-state index contributed by atoms with van der Waals surface area (Å²) in [6.07, 6.45) is -3.95. The monoisotopic (exact) mass is 1370 g/mol. The van der Waals surface area contributed by atoms with E-state index in [-0.39, 0.29) is 24.4 Å². The largest absolute Gasteiger partial charge is 0.478 e. The highest BCUT2D eigenvalue weighted by Crippen LogP contribution is 2.38. The van der Waals surface area contributed by atoms with Crippen molar-refractivity contribution in [1.82, 2.24) is 61.9 Å². The second-order valence-electron chi connectivity index (χ2n) is 25.4. The topological polar surface area (TPSA) is 450 Å². The van der Waals surface area contributed by atoms with Gasteiger partial charge in [-0.3, -0.25) is 28.8 Å². The van der Waals surface area contributed by atoms with E-state index in [0.717, 1.165) is 65.6 Å². The smallest absolute Gasteiger partial charge is 0.359 e. The molecule has 1 aliphatic carbocycles. The number of nitrogens with zero attached hydrogens (tertiary/aromatic N) is 6. The summed E-state index contributed by atoms with van der Waals surface area (Å²) in [4.78, 5) is 103. The number of unbranched alkanes of at least 4 members (excludes halogenated alkanes) is 3. The van der Waals surface area contributed by atoms with Crippen LogP contribution in [0.25, 0.3) is 11.1 Å². The zero-order chi connectivity index (χ0) is 71.0. The molecule has 9 rings (SSSR count). The lowest BCUT2D eigenvalue weighted by atomic mass is 9.84. The van der Waals surface area contributed by atoms with Gasteiger partial charge < -0.3 is 82.2 Å². The van der Waals surface area contributed by atoms with Crippen molar-refractivity contribution in [3.05, 3.63) is 155 Å². The minimum atomic E-state index is -2.47. The third kappa shape index (κ3) is 18.5.